The summed E-state index contributed by atoms with van der Waals surface area (Å²) in [6, 6.07) is 17.0. The van der Waals surface area contributed by atoms with Crippen LogP contribution in [0.25, 0.3) is 11.1 Å². The van der Waals surface area contributed by atoms with E-state index in [1.165, 1.54) is 5.56 Å². The van der Waals surface area contributed by atoms with Crippen LogP contribution < -0.4 is 10.1 Å². The number of aliphatic hydroxyl groups is 1. The molecular weight excluding hydrogens is 463 g/mol. The molecule has 3 aromatic rings. The van der Waals surface area contributed by atoms with E-state index in [1.54, 1.807) is 30.6 Å². The summed E-state index contributed by atoms with van der Waals surface area (Å²) in [7, 11) is 0. The van der Waals surface area contributed by atoms with Crippen molar-refractivity contribution in [2.45, 2.75) is 32.5 Å². The van der Waals surface area contributed by atoms with Crippen LogP contribution in [0, 0.1) is 0 Å². The van der Waals surface area contributed by atoms with Gasteiger partial charge in [-0.1, -0.05) is 36.4 Å². The van der Waals surface area contributed by atoms with Crippen LogP contribution in [-0.2, 0) is 6.42 Å². The molecule has 1 heterocycles. The third kappa shape index (κ3) is 8.33. The molecule has 0 aliphatic heterocycles. The number of aromatic nitrogens is 1. The van der Waals surface area contributed by atoms with Crippen LogP contribution in [0.5, 0.6) is 5.75 Å². The first-order chi connectivity index (χ1) is 14.9. The summed E-state index contributed by atoms with van der Waals surface area (Å²) in [4.78, 5) is 15.5. The van der Waals surface area contributed by atoms with Gasteiger partial charge < -0.3 is 20.3 Å². The second-order valence-electron chi connectivity index (χ2n) is 7.64. The van der Waals surface area contributed by atoms with Gasteiger partial charge in [-0.15, -0.1) is 24.8 Å². The zero-order valence-corrected chi connectivity index (χ0v) is 20.2. The van der Waals surface area contributed by atoms with E-state index in [4.69, 9.17) is 4.74 Å². The van der Waals surface area contributed by atoms with E-state index in [2.05, 4.69) is 22.4 Å². The summed E-state index contributed by atoms with van der Waals surface area (Å²) in [5.74, 6) is -0.626. The molecule has 2 aromatic carbocycles. The molecule has 0 fully saturated rings. The molecule has 0 aliphatic rings. The number of halogens is 2. The number of hydrogen-bond acceptors (Lipinski definition) is 5. The van der Waals surface area contributed by atoms with Gasteiger partial charge in [-0.3, -0.25) is 4.98 Å². The van der Waals surface area contributed by atoms with E-state index >= 15 is 0 Å². The number of benzene rings is 2. The van der Waals surface area contributed by atoms with Crippen LogP contribution >= 0.6 is 24.8 Å². The van der Waals surface area contributed by atoms with Gasteiger partial charge in [0.05, 0.1) is 12.2 Å². The largest absolute Gasteiger partial charge is 0.490 e. The van der Waals surface area contributed by atoms with Crippen LogP contribution in [0.3, 0.4) is 0 Å². The molecule has 0 spiro atoms. The maximum absolute atomic E-state index is 11.4. The van der Waals surface area contributed by atoms with E-state index in [0.717, 1.165) is 29.7 Å². The first kappa shape index (κ1) is 28.4. The van der Waals surface area contributed by atoms with Gasteiger partial charge in [-0.25, -0.2) is 4.79 Å². The van der Waals surface area contributed by atoms with Crippen molar-refractivity contribution in [3.8, 4) is 16.9 Å². The lowest BCUT2D eigenvalue weighted by atomic mass is 10.0. The Morgan fingerprint density at radius 3 is 2.36 bits per heavy atom. The molecule has 178 valence electrons. The zero-order chi connectivity index (χ0) is 22.2. The number of carbonyl (C=O) groups is 1. The zero-order valence-electron chi connectivity index (χ0n) is 18.6. The Kier molecular flexibility index (Phi) is 11.9. The Morgan fingerprint density at radius 1 is 1.06 bits per heavy atom. The van der Waals surface area contributed by atoms with E-state index in [1.807, 2.05) is 38.1 Å². The quantitative estimate of drug-likeness (QED) is 0.347. The SMILES string of the molecule is CC(C)Oc1cc(-c2ccc(CCNC[C@H](O)c3cccnc3)cc2)ccc1C(=O)O.Cl.Cl. The molecule has 33 heavy (non-hydrogen) atoms. The maximum atomic E-state index is 11.4. The number of aromatic carboxylic acids is 1. The Labute approximate surface area is 206 Å². The standard InChI is InChI=1S/C25H28N2O4.2ClH/c1-17(2)31-24-14-20(9-10-22(24)25(29)30)19-7-5-18(6-8-19)11-13-27-16-23(28)21-4-3-12-26-15-21;;/h3-10,12,14-15,17,23,27-28H,11,13,16H2,1-2H3,(H,29,30);2*1H/t23-;;/m0../s1. The van der Waals surface area contributed by atoms with Gasteiger partial charge in [-0.2, -0.15) is 0 Å². The van der Waals surface area contributed by atoms with Crippen molar-refractivity contribution in [1.29, 1.82) is 0 Å². The fourth-order valence-electron chi connectivity index (χ4n) is 3.26. The van der Waals surface area contributed by atoms with E-state index in [9.17, 15) is 15.0 Å². The smallest absolute Gasteiger partial charge is 0.339 e. The third-order valence-electron chi connectivity index (χ3n) is 4.86. The predicted molar refractivity (Wildman–Crippen MR) is 135 cm³/mol. The van der Waals surface area contributed by atoms with Crippen LogP contribution in [0.2, 0.25) is 0 Å². The lowest BCUT2D eigenvalue weighted by Gasteiger charge is -2.14. The highest BCUT2D eigenvalue weighted by molar-refractivity contribution is 5.92. The molecule has 3 N–H and O–H groups in total. The Bertz CT molecular complexity index is 999. The average molecular weight is 493 g/mol. The number of pyridine rings is 1. The summed E-state index contributed by atoms with van der Waals surface area (Å²) in [5.41, 5.74) is 4.04. The topological polar surface area (TPSA) is 91.7 Å². The van der Waals surface area contributed by atoms with Gasteiger partial charge in [0.25, 0.3) is 0 Å². The highest BCUT2D eigenvalue weighted by atomic mass is 35.5. The molecular formula is C25H30Cl2N2O4. The van der Waals surface area contributed by atoms with Crippen molar-refractivity contribution in [3.63, 3.8) is 0 Å². The molecule has 1 aromatic heterocycles. The van der Waals surface area contributed by atoms with Crippen molar-refractivity contribution in [1.82, 2.24) is 10.3 Å². The van der Waals surface area contributed by atoms with Crippen molar-refractivity contribution < 1.29 is 19.7 Å². The van der Waals surface area contributed by atoms with Crippen LogP contribution in [-0.4, -0.2) is 40.4 Å². The van der Waals surface area contributed by atoms with Crippen molar-refractivity contribution in [2.24, 2.45) is 0 Å². The number of nitrogens with one attached hydrogen (secondary N) is 1. The fraction of sp³-hybridized carbons (Fsp3) is 0.280. The van der Waals surface area contributed by atoms with Gasteiger partial charge in [0, 0.05) is 24.5 Å². The Hall–Kier alpha value is -2.64. The minimum absolute atomic E-state index is 0. The number of ether oxygens (including phenoxy) is 1. The van der Waals surface area contributed by atoms with Gasteiger partial charge >= 0.3 is 5.97 Å². The minimum Gasteiger partial charge on any atom is -0.490 e. The average Bonchev–Trinajstić information content (AvgIpc) is 2.77. The molecule has 0 radical (unpaired) electrons. The fourth-order valence-corrected chi connectivity index (χ4v) is 3.26. The van der Waals surface area contributed by atoms with Crippen molar-refractivity contribution >= 4 is 30.8 Å². The summed E-state index contributed by atoms with van der Waals surface area (Å²) in [6.45, 7) is 4.96. The van der Waals surface area contributed by atoms with Crippen molar-refractivity contribution in [3.05, 3.63) is 83.7 Å². The first-order valence-corrected chi connectivity index (χ1v) is 10.4. The van der Waals surface area contributed by atoms with E-state index in [-0.39, 0.29) is 36.5 Å². The summed E-state index contributed by atoms with van der Waals surface area (Å²) in [5, 5.41) is 22.8. The van der Waals surface area contributed by atoms with Crippen LogP contribution in [0.1, 0.15) is 41.4 Å². The Morgan fingerprint density at radius 2 is 1.76 bits per heavy atom. The van der Waals surface area contributed by atoms with Crippen LogP contribution in [0.15, 0.2) is 67.0 Å². The molecule has 3 rings (SSSR count). The van der Waals surface area contributed by atoms with Gasteiger partial charge in [-0.05, 0) is 61.7 Å². The van der Waals surface area contributed by atoms with Gasteiger partial charge in [0.1, 0.15) is 11.3 Å². The summed E-state index contributed by atoms with van der Waals surface area (Å²) in [6.07, 6.45) is 3.50. The molecule has 6 nitrogen and oxygen atoms in total. The maximum Gasteiger partial charge on any atom is 0.339 e. The number of hydrogen-bond donors (Lipinski definition) is 3. The number of aliphatic hydroxyl groups excluding tert-OH is 1. The molecule has 1 atom stereocenters. The van der Waals surface area contributed by atoms with E-state index < -0.39 is 12.1 Å². The minimum atomic E-state index is -1.00. The molecule has 8 heteroatoms. The van der Waals surface area contributed by atoms with Crippen molar-refractivity contribution in [2.75, 3.05) is 13.1 Å². The van der Waals surface area contributed by atoms with Gasteiger partial charge in [0.15, 0.2) is 0 Å². The normalized spacial score (nSPS) is 11.3. The summed E-state index contributed by atoms with van der Waals surface area (Å²) < 4.78 is 5.70. The number of carboxylic acids is 1. The van der Waals surface area contributed by atoms with Gasteiger partial charge in [0.2, 0.25) is 0 Å². The first-order valence-electron chi connectivity index (χ1n) is 10.4. The monoisotopic (exact) mass is 492 g/mol. The number of rotatable bonds is 10. The second-order valence-corrected chi connectivity index (χ2v) is 7.64. The molecule has 0 amide bonds. The predicted octanol–water partition coefficient (Wildman–Crippen LogP) is 4.94. The highest BCUT2D eigenvalue weighted by Crippen LogP contribution is 2.28. The molecule has 0 aliphatic carbocycles. The second kappa shape index (κ2) is 13.8. The number of nitrogens with zero attached hydrogens (tertiary/aromatic N) is 1. The lowest BCUT2D eigenvalue weighted by Crippen LogP contribution is -2.23. The van der Waals surface area contributed by atoms with E-state index in [0.29, 0.717) is 12.3 Å². The molecule has 0 saturated heterocycles. The van der Waals surface area contributed by atoms with Crippen LogP contribution in [0.4, 0.5) is 0 Å². The third-order valence-corrected chi connectivity index (χ3v) is 4.86. The Balaban J connectivity index is 0.00000272. The summed E-state index contributed by atoms with van der Waals surface area (Å²) >= 11 is 0. The molecule has 0 saturated carbocycles. The lowest BCUT2D eigenvalue weighted by molar-refractivity contribution is 0.0690. The number of carboxylic acid groups (broad SMARTS) is 1. The highest BCUT2D eigenvalue weighted by Gasteiger charge is 2.14. The molecule has 0 unspecified atom stereocenters. The molecule has 0 bridgehead atoms.